The summed E-state index contributed by atoms with van der Waals surface area (Å²) in [6.07, 6.45) is 2.23. The highest BCUT2D eigenvalue weighted by Gasteiger charge is 2.29. The highest BCUT2D eigenvalue weighted by Crippen LogP contribution is 2.25. The van der Waals surface area contributed by atoms with Crippen molar-refractivity contribution in [3.8, 4) is 0 Å². The number of rotatable bonds is 7. The number of amides is 1. The van der Waals surface area contributed by atoms with Gasteiger partial charge in [-0.3, -0.25) is 9.00 Å². The number of carbonyl (C=O) groups is 1. The lowest BCUT2D eigenvalue weighted by atomic mass is 10.2. The smallest absolute Gasteiger partial charge is 0.241 e. The van der Waals surface area contributed by atoms with Crippen molar-refractivity contribution in [3.05, 3.63) is 60.2 Å². The first kappa shape index (κ1) is 16.7. The lowest BCUT2D eigenvalue weighted by Gasteiger charge is -2.17. The highest BCUT2D eigenvalue weighted by atomic mass is 32.2. The molecule has 3 rings (SSSR count). The van der Waals surface area contributed by atoms with E-state index >= 15 is 0 Å². The fourth-order valence-corrected chi connectivity index (χ4v) is 3.66. The topological polar surface area (TPSA) is 49.4 Å². The van der Waals surface area contributed by atoms with Gasteiger partial charge in [0.1, 0.15) is 0 Å². The van der Waals surface area contributed by atoms with Gasteiger partial charge in [-0.15, -0.1) is 0 Å². The zero-order valence-corrected chi connectivity index (χ0v) is 14.6. The maximum Gasteiger partial charge on any atom is 0.241 e. The third-order valence-corrected chi connectivity index (χ3v) is 5.56. The second-order valence-electron chi connectivity index (χ2n) is 6.09. The second-order valence-corrected chi connectivity index (χ2v) is 7.54. The fourth-order valence-electron chi connectivity index (χ4n) is 2.55. The van der Waals surface area contributed by atoms with Crippen LogP contribution in [0.2, 0.25) is 0 Å². The SMILES string of the molecule is CN(C(=O)CNc1cccc(C[S@](=O)c2ccccc2)c1)C1CC1. The Morgan fingerprint density at radius 1 is 1.17 bits per heavy atom. The van der Waals surface area contributed by atoms with Gasteiger partial charge in [-0.2, -0.15) is 0 Å². The Balaban J connectivity index is 1.57. The van der Waals surface area contributed by atoms with Gasteiger partial charge in [0.25, 0.3) is 0 Å². The first-order valence-corrected chi connectivity index (χ1v) is 9.47. The summed E-state index contributed by atoms with van der Waals surface area (Å²) >= 11 is 0. The predicted octanol–water partition coefficient (Wildman–Crippen LogP) is 3.03. The summed E-state index contributed by atoms with van der Waals surface area (Å²) in [5, 5.41) is 3.17. The van der Waals surface area contributed by atoms with Crippen LogP contribution in [0.5, 0.6) is 0 Å². The summed E-state index contributed by atoms with van der Waals surface area (Å²) in [6, 6.07) is 17.7. The quantitative estimate of drug-likeness (QED) is 0.841. The van der Waals surface area contributed by atoms with Crippen molar-refractivity contribution in [2.45, 2.75) is 29.5 Å². The van der Waals surface area contributed by atoms with Crippen molar-refractivity contribution >= 4 is 22.4 Å². The molecule has 1 saturated carbocycles. The molecule has 0 radical (unpaired) electrons. The van der Waals surface area contributed by atoms with E-state index in [1.54, 1.807) is 0 Å². The van der Waals surface area contributed by atoms with Gasteiger partial charge in [0, 0.05) is 23.7 Å². The van der Waals surface area contributed by atoms with Crippen LogP contribution in [0, 0.1) is 0 Å². The molecule has 126 valence electrons. The van der Waals surface area contributed by atoms with Gasteiger partial charge >= 0.3 is 0 Å². The van der Waals surface area contributed by atoms with Crippen molar-refractivity contribution in [1.29, 1.82) is 0 Å². The monoisotopic (exact) mass is 342 g/mol. The average Bonchev–Trinajstić information content (AvgIpc) is 3.45. The minimum absolute atomic E-state index is 0.107. The van der Waals surface area contributed by atoms with E-state index in [1.807, 2.05) is 66.5 Å². The third kappa shape index (κ3) is 4.45. The van der Waals surface area contributed by atoms with Crippen LogP contribution in [0.4, 0.5) is 5.69 Å². The Bertz CT molecular complexity index is 729. The zero-order chi connectivity index (χ0) is 16.9. The minimum Gasteiger partial charge on any atom is -0.376 e. The Hall–Kier alpha value is -2.14. The standard InChI is InChI=1S/C19H22N2O2S/c1-21(17-10-11-17)19(22)13-20-16-7-5-6-15(12-16)14-24(23)18-8-3-2-4-9-18/h2-9,12,17,20H,10-11,13-14H2,1H3/t24-/m0/s1. The number of anilines is 1. The maximum atomic E-state index is 12.4. The molecule has 0 heterocycles. The van der Waals surface area contributed by atoms with Crippen LogP contribution in [0.3, 0.4) is 0 Å². The normalized spacial score (nSPS) is 14.9. The summed E-state index contributed by atoms with van der Waals surface area (Å²) < 4.78 is 12.4. The molecule has 0 spiro atoms. The fraction of sp³-hybridized carbons (Fsp3) is 0.316. The molecule has 1 aliphatic rings. The largest absolute Gasteiger partial charge is 0.376 e. The Morgan fingerprint density at radius 2 is 1.92 bits per heavy atom. The lowest BCUT2D eigenvalue weighted by Crippen LogP contribution is -2.33. The van der Waals surface area contributed by atoms with Crippen LogP contribution in [0.15, 0.2) is 59.5 Å². The summed E-state index contributed by atoms with van der Waals surface area (Å²) in [6.45, 7) is 0.290. The molecule has 1 aliphatic carbocycles. The van der Waals surface area contributed by atoms with Gasteiger partial charge in [0.2, 0.25) is 5.91 Å². The van der Waals surface area contributed by atoms with E-state index in [2.05, 4.69) is 5.32 Å². The van der Waals surface area contributed by atoms with Crippen molar-refractivity contribution in [2.24, 2.45) is 0 Å². The number of hydrogen-bond acceptors (Lipinski definition) is 3. The summed E-state index contributed by atoms with van der Waals surface area (Å²) in [5.41, 5.74) is 1.88. The second kappa shape index (κ2) is 7.62. The van der Waals surface area contributed by atoms with Crippen LogP contribution in [0.25, 0.3) is 0 Å². The van der Waals surface area contributed by atoms with Crippen molar-refractivity contribution in [2.75, 3.05) is 18.9 Å². The zero-order valence-electron chi connectivity index (χ0n) is 13.8. The van der Waals surface area contributed by atoms with E-state index in [1.165, 1.54) is 0 Å². The molecule has 1 fully saturated rings. The molecule has 1 amide bonds. The Morgan fingerprint density at radius 3 is 2.62 bits per heavy atom. The molecule has 0 saturated heterocycles. The van der Waals surface area contributed by atoms with Gasteiger partial charge in [0.15, 0.2) is 0 Å². The first-order valence-electron chi connectivity index (χ1n) is 8.15. The van der Waals surface area contributed by atoms with E-state index in [0.29, 0.717) is 11.8 Å². The molecule has 0 aliphatic heterocycles. The lowest BCUT2D eigenvalue weighted by molar-refractivity contribution is -0.128. The van der Waals surface area contributed by atoms with Crippen LogP contribution in [-0.2, 0) is 21.3 Å². The average molecular weight is 342 g/mol. The Kier molecular flexibility index (Phi) is 5.30. The van der Waals surface area contributed by atoms with Crippen LogP contribution in [0.1, 0.15) is 18.4 Å². The van der Waals surface area contributed by atoms with Crippen LogP contribution in [-0.4, -0.2) is 34.7 Å². The minimum atomic E-state index is -1.06. The van der Waals surface area contributed by atoms with Gasteiger partial charge in [-0.25, -0.2) is 0 Å². The third-order valence-electron chi connectivity index (χ3n) is 4.16. The molecular weight excluding hydrogens is 320 g/mol. The molecule has 0 aromatic heterocycles. The van der Waals surface area contributed by atoms with Gasteiger partial charge in [-0.1, -0.05) is 30.3 Å². The van der Waals surface area contributed by atoms with E-state index in [0.717, 1.165) is 29.0 Å². The van der Waals surface area contributed by atoms with Crippen molar-refractivity contribution in [3.63, 3.8) is 0 Å². The van der Waals surface area contributed by atoms with Crippen LogP contribution < -0.4 is 5.32 Å². The number of carbonyl (C=O) groups excluding carboxylic acids is 1. The summed E-state index contributed by atoms with van der Waals surface area (Å²) in [4.78, 5) is 14.7. The van der Waals surface area contributed by atoms with Gasteiger partial charge < -0.3 is 10.2 Å². The molecule has 5 heteroatoms. The van der Waals surface area contributed by atoms with Crippen molar-refractivity contribution < 1.29 is 9.00 Å². The van der Waals surface area contributed by atoms with Gasteiger partial charge in [-0.05, 0) is 42.7 Å². The van der Waals surface area contributed by atoms with E-state index < -0.39 is 10.8 Å². The highest BCUT2D eigenvalue weighted by molar-refractivity contribution is 7.84. The molecule has 0 bridgehead atoms. The van der Waals surface area contributed by atoms with E-state index in [4.69, 9.17) is 0 Å². The maximum absolute atomic E-state index is 12.4. The van der Waals surface area contributed by atoms with Crippen LogP contribution >= 0.6 is 0 Å². The predicted molar refractivity (Wildman–Crippen MR) is 97.3 cm³/mol. The summed E-state index contributed by atoms with van der Waals surface area (Å²) in [5.74, 6) is 0.575. The molecule has 1 atom stereocenters. The molecular formula is C19H22N2O2S. The molecule has 2 aromatic carbocycles. The molecule has 1 N–H and O–H groups in total. The first-order chi connectivity index (χ1) is 11.6. The molecule has 24 heavy (non-hydrogen) atoms. The van der Waals surface area contributed by atoms with E-state index in [-0.39, 0.29) is 12.5 Å². The molecule has 2 aromatic rings. The van der Waals surface area contributed by atoms with Crippen molar-refractivity contribution in [1.82, 2.24) is 4.90 Å². The molecule has 0 unspecified atom stereocenters. The number of benzene rings is 2. The molecule has 4 nitrogen and oxygen atoms in total. The number of likely N-dealkylation sites (N-methyl/N-ethyl adjacent to an activating group) is 1. The van der Waals surface area contributed by atoms with E-state index in [9.17, 15) is 9.00 Å². The van der Waals surface area contributed by atoms with Gasteiger partial charge in [0.05, 0.1) is 23.1 Å². The number of hydrogen-bond donors (Lipinski definition) is 1. The Labute approximate surface area is 145 Å². The number of nitrogens with one attached hydrogen (secondary N) is 1. The summed E-state index contributed by atoms with van der Waals surface area (Å²) in [7, 11) is 0.799. The number of nitrogens with zero attached hydrogens (tertiary/aromatic N) is 1.